The number of hydrogen-bond acceptors (Lipinski definition) is 25. The van der Waals surface area contributed by atoms with Crippen molar-refractivity contribution in [3.63, 3.8) is 0 Å². The lowest BCUT2D eigenvalue weighted by Crippen LogP contribution is -2.81. The summed E-state index contributed by atoms with van der Waals surface area (Å²) >= 11 is 0. The van der Waals surface area contributed by atoms with Gasteiger partial charge in [0.1, 0.15) is 22.9 Å². The van der Waals surface area contributed by atoms with Gasteiger partial charge in [0.2, 0.25) is 12.0 Å². The number of carbonyl (C=O) groups is 9. The van der Waals surface area contributed by atoms with E-state index in [0.717, 1.165) is 92.0 Å². The SMILES string of the molecule is C/C=C(/C)C(=O)O[C@H]1C(C)=C2[C@H]([C@@H]1OC(=O)CCCCCCC)[C@@](C)(OC(C)=O)C[C@H](OC(=O)CCC)[C@@]1(O)[C@H]2OC(=O)[C@@]1(C)O.C=C1CC[C@H](O)C/C1=C/C=C1\CCC[C@]2(C)[C@@H]([C@H](C)CCCC(C)C)CC[C@@H]12.CC[C@]1(O)C[C@H]2CN(CCc3c([nH]c4ccccc34)[C@@](C(=O)OC)(c3cc4c(cc3OC)N(C=O)[C@H]3[C@@](O)(C(=O)OC)[C@H](OC(C)=O)[C@]5(CC)C=CCN6CC[C@]43[C@@H]65)C2)C1. The number of methoxy groups -OCH3 is 3. The fraction of sp³-hybridized carbons (Fsp3) is 0.673. The summed E-state index contributed by atoms with van der Waals surface area (Å²) in [7, 11) is 4.09. The zero-order valence-electron chi connectivity index (χ0n) is 82.6. The minimum Gasteiger partial charge on any atom is -0.496 e. The Labute approximate surface area is 791 Å². The van der Waals surface area contributed by atoms with E-state index in [4.69, 9.17) is 42.6 Å². The van der Waals surface area contributed by atoms with E-state index in [1.165, 1.54) is 110 Å². The van der Waals surface area contributed by atoms with Crippen molar-refractivity contribution in [3.8, 4) is 5.75 Å². The van der Waals surface area contributed by atoms with Crippen LogP contribution >= 0.6 is 0 Å². The second-order valence-electron chi connectivity index (χ2n) is 42.0. The van der Waals surface area contributed by atoms with E-state index in [1.54, 1.807) is 45.4 Å². The Bertz CT molecular complexity index is 5090. The largest absolute Gasteiger partial charge is 0.496 e. The molecule has 15 rings (SSSR count). The zero-order valence-corrected chi connectivity index (χ0v) is 82.6. The fourth-order valence-electron chi connectivity index (χ4n) is 26.9. The van der Waals surface area contributed by atoms with Gasteiger partial charge in [-0.2, -0.15) is 0 Å². The number of esters is 8. The third kappa shape index (κ3) is 18.2. The van der Waals surface area contributed by atoms with Crippen LogP contribution < -0.4 is 9.64 Å². The Morgan fingerprint density at radius 2 is 1.49 bits per heavy atom. The molecule has 3 saturated heterocycles. The van der Waals surface area contributed by atoms with Gasteiger partial charge in [-0.3, -0.25) is 38.6 Å². The van der Waals surface area contributed by atoms with Crippen molar-refractivity contribution in [1.82, 2.24) is 14.8 Å². The Kier molecular flexibility index (Phi) is 31.1. The number of hydrogen-bond donors (Lipinski definition) is 6. The number of fused-ring (bicyclic) bond motifs is 10. The molecular formula is C107H150N4O23. The molecular weight excluding hydrogens is 1710 g/mol. The highest BCUT2D eigenvalue weighted by molar-refractivity contribution is 5.97. The van der Waals surface area contributed by atoms with Gasteiger partial charge in [-0.15, -0.1) is 0 Å². The number of benzene rings is 2. The number of nitrogens with zero attached hydrogens (tertiary/aromatic N) is 3. The highest BCUT2D eigenvalue weighted by Crippen LogP contribution is 2.70. The zero-order chi connectivity index (χ0) is 97.5. The number of unbranched alkanes of at least 4 members (excludes halogenated alkanes) is 4. The van der Waals surface area contributed by atoms with E-state index >= 15 is 4.79 Å². The molecule has 1 spiro atoms. The topological polar surface area (TPSA) is 363 Å². The number of nitrogens with one attached hydrogen (secondary N) is 1. The lowest BCUT2D eigenvalue weighted by molar-refractivity contribution is -0.228. The molecule has 12 aliphatic rings. The molecule has 3 aromatic rings. The molecule has 27 heteroatoms. The monoisotopic (exact) mass is 1860 g/mol. The summed E-state index contributed by atoms with van der Waals surface area (Å²) in [5.74, 6) is -3.72. The van der Waals surface area contributed by atoms with Gasteiger partial charge in [-0.05, 0) is 219 Å². The van der Waals surface area contributed by atoms with Crippen LogP contribution in [0.5, 0.6) is 5.75 Å². The van der Waals surface area contributed by atoms with Crippen LogP contribution in [0.25, 0.3) is 10.9 Å². The van der Waals surface area contributed by atoms with Crippen molar-refractivity contribution in [1.29, 1.82) is 0 Å². The number of allylic oxidation sites excluding steroid dienone is 5. The van der Waals surface area contributed by atoms with Gasteiger partial charge in [0.15, 0.2) is 35.6 Å². The van der Waals surface area contributed by atoms with Crippen LogP contribution in [0.1, 0.15) is 287 Å². The summed E-state index contributed by atoms with van der Waals surface area (Å²) < 4.78 is 53.0. The van der Waals surface area contributed by atoms with E-state index in [-0.39, 0.29) is 48.0 Å². The molecule has 2 bridgehead atoms. The molecule has 23 atom stereocenters. The number of amides is 1. The molecule has 1 aromatic heterocycles. The third-order valence-electron chi connectivity index (χ3n) is 33.4. The molecule has 27 nitrogen and oxygen atoms in total. The number of para-hydroxylation sites is 1. The molecule has 6 N–H and O–H groups in total. The predicted molar refractivity (Wildman–Crippen MR) is 506 cm³/mol. The molecule has 7 heterocycles. The lowest BCUT2D eigenvalue weighted by atomic mass is 9.47. The van der Waals surface area contributed by atoms with Crippen LogP contribution in [-0.2, 0) is 98.3 Å². The van der Waals surface area contributed by atoms with Crippen LogP contribution in [0.2, 0.25) is 0 Å². The number of aromatic nitrogens is 1. The second-order valence-corrected chi connectivity index (χ2v) is 42.0. The molecule has 2 aromatic carbocycles. The average molecular weight is 1860 g/mol. The van der Waals surface area contributed by atoms with Crippen molar-refractivity contribution in [2.75, 3.05) is 59.0 Å². The number of anilines is 1. The molecule has 5 saturated carbocycles. The number of aliphatic hydroxyl groups is 5. The lowest BCUT2D eigenvalue weighted by Gasteiger charge is -2.63. The van der Waals surface area contributed by atoms with E-state index in [2.05, 4.69) is 74.2 Å². The molecule has 1 unspecified atom stereocenters. The van der Waals surface area contributed by atoms with E-state index in [0.29, 0.717) is 118 Å². The number of aliphatic hydroxyl groups excluding tert-OH is 1. The first-order chi connectivity index (χ1) is 63.6. The maximum absolute atomic E-state index is 15.3. The van der Waals surface area contributed by atoms with Gasteiger partial charge >= 0.3 is 47.8 Å². The van der Waals surface area contributed by atoms with Crippen LogP contribution in [-0.4, -0.2) is 225 Å². The van der Waals surface area contributed by atoms with Gasteiger partial charge in [0.05, 0.1) is 50.7 Å². The number of aromatic amines is 1. The normalized spacial score (nSPS) is 35.8. The maximum atomic E-state index is 15.3. The second kappa shape index (κ2) is 40.7. The molecule has 6 aliphatic carbocycles. The number of piperidine rings is 1. The number of ether oxygens (including phenoxy) is 9. The smallest absolute Gasteiger partial charge is 0.344 e. The Hall–Kier alpha value is -8.83. The molecule has 6 aliphatic heterocycles. The van der Waals surface area contributed by atoms with E-state index < -0.39 is 147 Å². The van der Waals surface area contributed by atoms with Gasteiger partial charge < -0.3 is 78.0 Å². The highest BCUT2D eigenvalue weighted by atomic mass is 16.6. The molecule has 134 heavy (non-hydrogen) atoms. The fourth-order valence-corrected chi connectivity index (χ4v) is 26.9. The van der Waals surface area contributed by atoms with Gasteiger partial charge in [-0.25, -0.2) is 14.4 Å². The standard InChI is InChI=1S/C46H56N4O10.C34H50O12.C27H44O/c1-7-42(55)22-28-23-45(40(53)58-5,36-30(14-18-48(24-28)25-42)29-12-9-10-13-33(29)47-36)32-20-31-34(21-35(32)57-4)50(26-51)38-44(31)16-19-49-17-11-15-43(8-2,37(44)49)39(60-27(3)52)46(38,56)41(54)59-6;1-9-12-13-14-15-17-24(37)43-28-26-25(20(5)27(28)44-30(38)19(4)11-3)29-34(41,33(8,40)31(39)45-29)22(42-23(36)16-10-2)18-32(26,7)46-21(6)35;1-19(2)8-6-9-21(4)25-15-16-26-22(10-7-17-27(25,26)5)12-13-23-18-24(28)14-11-20(23)3/h9-13,15,20-21,26,28,37-39,47,55-56H,7-8,14,16-19,22-25H2,1-6H3;11,22,26-29,40-41H,9-10,12-18H2,1-8H3;12-13,19,21,24-26,28H,3,6-11,14-18H2,1-2,4-5H3/b;19-11-;22-12+,23-13-/t28-,37+,38-,39-,42+,43-,44-,45+,46+;22-,26+,27-,28-,29-,32-,33+,34+;21-,24+,25-,26+,27-/m101/s1. The number of H-pyrrole nitrogens is 1. The summed E-state index contributed by atoms with van der Waals surface area (Å²) in [4.78, 5) is 131. The first kappa shape index (κ1) is 103. The predicted octanol–water partition coefficient (Wildman–Crippen LogP) is 15.1. The van der Waals surface area contributed by atoms with Crippen molar-refractivity contribution in [3.05, 3.63) is 129 Å². The number of rotatable bonds is 27. The van der Waals surface area contributed by atoms with Crippen LogP contribution in [0, 0.1) is 46.3 Å². The molecule has 8 fully saturated rings. The first-order valence-corrected chi connectivity index (χ1v) is 49.6. The molecule has 1 amide bonds. The van der Waals surface area contributed by atoms with Gasteiger partial charge in [-0.1, -0.05) is 167 Å². The minimum absolute atomic E-state index is 0.0234. The summed E-state index contributed by atoms with van der Waals surface area (Å²) in [5, 5.41) is 60.1. The van der Waals surface area contributed by atoms with Crippen LogP contribution in [0.3, 0.4) is 0 Å². The summed E-state index contributed by atoms with van der Waals surface area (Å²) in [5.41, 5.74) is -4.55. The third-order valence-corrected chi connectivity index (χ3v) is 33.4. The Morgan fingerprint density at radius 1 is 0.761 bits per heavy atom. The summed E-state index contributed by atoms with van der Waals surface area (Å²) in [6.45, 7) is 34.6. The Morgan fingerprint density at radius 3 is 2.15 bits per heavy atom. The quantitative estimate of drug-likeness (QED) is 0.0103. The first-order valence-electron chi connectivity index (χ1n) is 49.6. The van der Waals surface area contributed by atoms with Crippen LogP contribution in [0.15, 0.2) is 107 Å². The van der Waals surface area contributed by atoms with E-state index in [1.807, 2.05) is 50.3 Å². The van der Waals surface area contributed by atoms with Crippen molar-refractivity contribution in [2.45, 2.75) is 358 Å². The van der Waals surface area contributed by atoms with Crippen molar-refractivity contribution >= 4 is 70.8 Å². The average Bonchev–Trinajstić information content (AvgIpc) is 1.47. The number of carbonyl (C=O) groups excluding carboxylic acids is 9. The Balaban J connectivity index is 0.000000182. The highest BCUT2D eigenvalue weighted by Gasteiger charge is 2.82. The van der Waals surface area contributed by atoms with Crippen molar-refractivity contribution in [2.24, 2.45) is 46.3 Å². The summed E-state index contributed by atoms with van der Waals surface area (Å²) in [6.07, 6.45) is 24.3. The van der Waals surface area contributed by atoms with Crippen molar-refractivity contribution < 1.29 is 111 Å². The van der Waals surface area contributed by atoms with E-state index in [9.17, 15) is 63.9 Å². The maximum Gasteiger partial charge on any atom is 0.344 e. The molecule has 0 radical (unpaired) electrons. The van der Waals surface area contributed by atoms with Gasteiger partial charge in [0.25, 0.3) is 0 Å². The van der Waals surface area contributed by atoms with Crippen LogP contribution in [0.4, 0.5) is 5.69 Å². The minimum atomic E-state index is -2.57. The summed E-state index contributed by atoms with van der Waals surface area (Å²) in [6, 6.07) is 9.97. The van der Waals surface area contributed by atoms with Gasteiger partial charge in [0, 0.05) is 110 Å². The molecule has 736 valence electrons.